The molecule has 25 heavy (non-hydrogen) atoms. The van der Waals surface area contributed by atoms with Crippen molar-refractivity contribution in [2.24, 2.45) is 0 Å². The van der Waals surface area contributed by atoms with Gasteiger partial charge < -0.3 is 10.1 Å². The summed E-state index contributed by atoms with van der Waals surface area (Å²) >= 11 is 17.3. The summed E-state index contributed by atoms with van der Waals surface area (Å²) in [6, 6.07) is 7.86. The molecule has 0 fully saturated rings. The normalized spacial score (nSPS) is 10.2. The van der Waals surface area contributed by atoms with Crippen LogP contribution >= 0.6 is 34.8 Å². The summed E-state index contributed by atoms with van der Waals surface area (Å²) in [7, 11) is 0. The summed E-state index contributed by atoms with van der Waals surface area (Å²) in [5, 5.41) is 14.1. The summed E-state index contributed by atoms with van der Waals surface area (Å²) in [5.41, 5.74) is -0.469. The topological polar surface area (TPSA) is 98.5 Å². The van der Waals surface area contributed by atoms with E-state index in [1.165, 1.54) is 24.3 Å². The molecule has 0 bridgehead atoms. The summed E-state index contributed by atoms with van der Waals surface area (Å²) in [6.45, 7) is -0.650. The molecule has 0 saturated carbocycles. The first kappa shape index (κ1) is 19.0. The van der Waals surface area contributed by atoms with Crippen LogP contribution in [0.1, 0.15) is 10.4 Å². The van der Waals surface area contributed by atoms with E-state index in [2.05, 4.69) is 5.32 Å². The predicted octanol–water partition coefficient (Wildman–Crippen LogP) is 4.35. The van der Waals surface area contributed by atoms with E-state index in [1.54, 1.807) is 0 Å². The zero-order valence-corrected chi connectivity index (χ0v) is 14.6. The lowest BCUT2D eigenvalue weighted by Crippen LogP contribution is -2.21. The Kier molecular flexibility index (Phi) is 6.19. The van der Waals surface area contributed by atoms with E-state index < -0.39 is 29.1 Å². The van der Waals surface area contributed by atoms with E-state index in [0.717, 1.165) is 12.1 Å². The Hall–Kier alpha value is -2.35. The van der Waals surface area contributed by atoms with Gasteiger partial charge in [-0.3, -0.25) is 14.9 Å². The average molecular weight is 404 g/mol. The van der Waals surface area contributed by atoms with Gasteiger partial charge in [0.1, 0.15) is 5.56 Å². The number of ether oxygens (including phenoxy) is 1. The molecule has 0 spiro atoms. The highest BCUT2D eigenvalue weighted by Gasteiger charge is 2.22. The molecule has 2 aromatic carbocycles. The Morgan fingerprint density at radius 1 is 1.08 bits per heavy atom. The monoisotopic (exact) mass is 402 g/mol. The zero-order valence-electron chi connectivity index (χ0n) is 12.3. The van der Waals surface area contributed by atoms with Crippen molar-refractivity contribution in [1.82, 2.24) is 0 Å². The molecule has 1 amide bonds. The molecule has 0 atom stereocenters. The molecule has 0 heterocycles. The average Bonchev–Trinajstić information content (AvgIpc) is 2.55. The van der Waals surface area contributed by atoms with Gasteiger partial charge in [-0.2, -0.15) is 0 Å². The highest BCUT2D eigenvalue weighted by molar-refractivity contribution is 6.42. The number of hydrogen-bond donors (Lipinski definition) is 1. The molecular weight excluding hydrogens is 395 g/mol. The molecule has 0 aliphatic carbocycles. The van der Waals surface area contributed by atoms with Crippen molar-refractivity contribution >= 4 is 58.1 Å². The minimum atomic E-state index is -1.04. The van der Waals surface area contributed by atoms with Crippen molar-refractivity contribution in [3.8, 4) is 0 Å². The van der Waals surface area contributed by atoms with E-state index >= 15 is 0 Å². The molecule has 0 aliphatic heterocycles. The number of carbonyl (C=O) groups excluding carboxylic acids is 2. The van der Waals surface area contributed by atoms with E-state index in [4.69, 9.17) is 39.5 Å². The highest BCUT2D eigenvalue weighted by atomic mass is 35.5. The minimum Gasteiger partial charge on any atom is -0.452 e. The van der Waals surface area contributed by atoms with Crippen LogP contribution in [-0.2, 0) is 9.53 Å². The van der Waals surface area contributed by atoms with Crippen molar-refractivity contribution in [1.29, 1.82) is 0 Å². The minimum absolute atomic E-state index is 0.123. The number of nitrogens with zero attached hydrogens (tertiary/aromatic N) is 1. The molecule has 0 aliphatic rings. The molecule has 10 heteroatoms. The van der Waals surface area contributed by atoms with Gasteiger partial charge in [0, 0.05) is 16.8 Å². The lowest BCUT2D eigenvalue weighted by Gasteiger charge is -2.08. The maximum atomic E-state index is 12.0. The first-order valence-corrected chi connectivity index (χ1v) is 7.77. The number of nitro benzene ring substituents is 1. The Morgan fingerprint density at radius 2 is 1.80 bits per heavy atom. The second-order valence-corrected chi connectivity index (χ2v) is 5.92. The van der Waals surface area contributed by atoms with Crippen molar-refractivity contribution in [2.75, 3.05) is 11.9 Å². The van der Waals surface area contributed by atoms with Crippen LogP contribution in [0.15, 0.2) is 36.4 Å². The van der Waals surface area contributed by atoms with E-state index in [-0.39, 0.29) is 15.6 Å². The largest absolute Gasteiger partial charge is 0.452 e. The first-order valence-electron chi connectivity index (χ1n) is 6.64. The Morgan fingerprint density at radius 3 is 2.44 bits per heavy atom. The van der Waals surface area contributed by atoms with Crippen LogP contribution in [0, 0.1) is 10.1 Å². The number of amides is 1. The fraction of sp³-hybridized carbons (Fsp3) is 0.0667. The van der Waals surface area contributed by atoms with Crippen LogP contribution in [0.2, 0.25) is 15.1 Å². The standard InChI is InChI=1S/C15H9Cl3N2O5/c16-8-1-4-13(20(23)24)10(5-8)15(22)25-7-14(21)19-9-2-3-11(17)12(18)6-9/h1-6H,7H2,(H,19,21). The van der Waals surface area contributed by atoms with E-state index in [9.17, 15) is 19.7 Å². The molecule has 0 saturated heterocycles. The number of hydrogen-bond acceptors (Lipinski definition) is 5. The molecule has 0 aromatic heterocycles. The molecule has 2 rings (SSSR count). The third-order valence-electron chi connectivity index (χ3n) is 2.91. The molecule has 0 unspecified atom stereocenters. The van der Waals surface area contributed by atoms with Gasteiger partial charge in [0.2, 0.25) is 0 Å². The number of anilines is 1. The molecular formula is C15H9Cl3N2O5. The van der Waals surface area contributed by atoms with Crippen LogP contribution in [0.3, 0.4) is 0 Å². The highest BCUT2D eigenvalue weighted by Crippen LogP contribution is 2.25. The van der Waals surface area contributed by atoms with Gasteiger partial charge in [-0.1, -0.05) is 34.8 Å². The summed E-state index contributed by atoms with van der Waals surface area (Å²) < 4.78 is 4.79. The fourth-order valence-electron chi connectivity index (χ4n) is 1.81. The number of benzene rings is 2. The fourth-order valence-corrected chi connectivity index (χ4v) is 2.28. The van der Waals surface area contributed by atoms with Crippen LogP contribution in [-0.4, -0.2) is 23.4 Å². The van der Waals surface area contributed by atoms with Gasteiger partial charge in [0.15, 0.2) is 6.61 Å². The van der Waals surface area contributed by atoms with Gasteiger partial charge in [0.05, 0.1) is 15.0 Å². The SMILES string of the molecule is O=C(COC(=O)c1cc(Cl)ccc1[N+](=O)[O-])Nc1ccc(Cl)c(Cl)c1. The Bertz CT molecular complexity index is 857. The smallest absolute Gasteiger partial charge is 0.345 e. The van der Waals surface area contributed by atoms with Crippen molar-refractivity contribution in [2.45, 2.75) is 0 Å². The van der Waals surface area contributed by atoms with E-state index in [1.807, 2.05) is 0 Å². The third kappa shape index (κ3) is 5.06. The number of rotatable bonds is 5. The molecule has 7 nitrogen and oxygen atoms in total. The summed E-state index contributed by atoms with van der Waals surface area (Å²) in [6.07, 6.45) is 0. The van der Waals surface area contributed by atoms with Crippen molar-refractivity contribution in [3.05, 3.63) is 67.1 Å². The molecule has 0 radical (unpaired) electrons. The van der Waals surface area contributed by atoms with Crippen LogP contribution in [0.5, 0.6) is 0 Å². The van der Waals surface area contributed by atoms with Crippen LogP contribution in [0.4, 0.5) is 11.4 Å². The zero-order chi connectivity index (χ0) is 18.6. The second kappa shape index (κ2) is 8.15. The predicted molar refractivity (Wildman–Crippen MR) is 93.5 cm³/mol. The van der Waals surface area contributed by atoms with Crippen molar-refractivity contribution < 1.29 is 19.2 Å². The number of nitrogens with one attached hydrogen (secondary N) is 1. The van der Waals surface area contributed by atoms with Gasteiger partial charge in [0.25, 0.3) is 11.6 Å². The second-order valence-electron chi connectivity index (χ2n) is 4.67. The quantitative estimate of drug-likeness (QED) is 0.454. The van der Waals surface area contributed by atoms with E-state index in [0.29, 0.717) is 10.7 Å². The lowest BCUT2D eigenvalue weighted by atomic mass is 10.2. The number of esters is 1. The third-order valence-corrected chi connectivity index (χ3v) is 3.89. The number of halogens is 3. The maximum Gasteiger partial charge on any atom is 0.345 e. The molecule has 1 N–H and O–H groups in total. The lowest BCUT2D eigenvalue weighted by molar-refractivity contribution is -0.385. The summed E-state index contributed by atoms with van der Waals surface area (Å²) in [4.78, 5) is 34.0. The summed E-state index contributed by atoms with van der Waals surface area (Å²) in [5.74, 6) is -1.70. The molecule has 2 aromatic rings. The molecule has 130 valence electrons. The Labute approximate surface area is 156 Å². The van der Waals surface area contributed by atoms with Gasteiger partial charge in [-0.25, -0.2) is 4.79 Å². The van der Waals surface area contributed by atoms with Crippen LogP contribution in [0.25, 0.3) is 0 Å². The van der Waals surface area contributed by atoms with Crippen LogP contribution < -0.4 is 5.32 Å². The number of carbonyl (C=O) groups is 2. The van der Waals surface area contributed by atoms with Gasteiger partial charge >= 0.3 is 5.97 Å². The van der Waals surface area contributed by atoms with Gasteiger partial charge in [-0.05, 0) is 30.3 Å². The Balaban J connectivity index is 2.02. The van der Waals surface area contributed by atoms with Gasteiger partial charge in [-0.15, -0.1) is 0 Å². The first-order chi connectivity index (χ1) is 11.8. The maximum absolute atomic E-state index is 12.0. The van der Waals surface area contributed by atoms with Crippen molar-refractivity contribution in [3.63, 3.8) is 0 Å². The number of nitro groups is 1.